The van der Waals surface area contributed by atoms with Gasteiger partial charge in [0.15, 0.2) is 11.5 Å². The van der Waals surface area contributed by atoms with Crippen LogP contribution in [-0.4, -0.2) is 25.4 Å². The normalized spacial score (nSPS) is 12.8. The maximum absolute atomic E-state index is 12.5. The van der Waals surface area contributed by atoms with E-state index in [2.05, 4.69) is 5.32 Å². The minimum Gasteiger partial charge on any atom is -0.486 e. The number of thioether (sulfide) groups is 1. The third-order valence-corrected chi connectivity index (χ3v) is 4.63. The van der Waals surface area contributed by atoms with Gasteiger partial charge >= 0.3 is 0 Å². The number of anilines is 1. The van der Waals surface area contributed by atoms with Crippen molar-refractivity contribution in [2.45, 2.75) is 4.90 Å². The number of rotatable bonds is 3. The van der Waals surface area contributed by atoms with Crippen molar-refractivity contribution in [3.05, 3.63) is 45.9 Å². The lowest BCUT2D eigenvalue weighted by molar-refractivity contribution is 0.102. The van der Waals surface area contributed by atoms with E-state index in [0.717, 1.165) is 4.90 Å². The van der Waals surface area contributed by atoms with E-state index < -0.39 is 0 Å². The first-order valence-electron chi connectivity index (χ1n) is 6.82. The molecule has 0 saturated carbocycles. The molecule has 7 heteroatoms. The molecular formula is C16H13Cl2NO3S. The fourth-order valence-corrected chi connectivity index (χ4v) is 3.13. The second-order valence-corrected chi connectivity index (χ2v) is 6.47. The van der Waals surface area contributed by atoms with E-state index >= 15 is 0 Å². The number of fused-ring (bicyclic) bond motifs is 1. The first kappa shape index (κ1) is 16.3. The summed E-state index contributed by atoms with van der Waals surface area (Å²) in [5, 5.41) is 3.65. The van der Waals surface area contributed by atoms with Crippen LogP contribution in [0.25, 0.3) is 0 Å². The first-order valence-corrected chi connectivity index (χ1v) is 8.80. The molecule has 120 valence electrons. The Bertz CT molecular complexity index is 767. The molecule has 23 heavy (non-hydrogen) atoms. The molecule has 0 aliphatic carbocycles. The highest BCUT2D eigenvalue weighted by Crippen LogP contribution is 2.39. The lowest BCUT2D eigenvalue weighted by Gasteiger charge is -2.21. The summed E-state index contributed by atoms with van der Waals surface area (Å²) in [6.45, 7) is 1.00. The lowest BCUT2D eigenvalue weighted by Crippen LogP contribution is -2.17. The maximum Gasteiger partial charge on any atom is 0.257 e. The van der Waals surface area contributed by atoms with Gasteiger partial charge in [0.2, 0.25) is 0 Å². The highest BCUT2D eigenvalue weighted by molar-refractivity contribution is 7.98. The van der Waals surface area contributed by atoms with Crippen molar-refractivity contribution in [1.82, 2.24) is 0 Å². The molecule has 2 aromatic rings. The van der Waals surface area contributed by atoms with Gasteiger partial charge in [-0.1, -0.05) is 23.2 Å². The Balaban J connectivity index is 1.92. The van der Waals surface area contributed by atoms with Gasteiger partial charge < -0.3 is 14.8 Å². The van der Waals surface area contributed by atoms with Gasteiger partial charge in [0, 0.05) is 16.0 Å². The third kappa shape index (κ3) is 3.52. The van der Waals surface area contributed by atoms with Gasteiger partial charge in [-0.05, 0) is 30.5 Å². The van der Waals surface area contributed by atoms with Crippen LogP contribution in [0.3, 0.4) is 0 Å². The van der Waals surface area contributed by atoms with Gasteiger partial charge in [-0.2, -0.15) is 0 Å². The summed E-state index contributed by atoms with van der Waals surface area (Å²) >= 11 is 13.5. The molecule has 1 N–H and O–H groups in total. The van der Waals surface area contributed by atoms with Crippen LogP contribution in [0.5, 0.6) is 11.5 Å². The largest absolute Gasteiger partial charge is 0.486 e. The predicted octanol–water partition coefficient (Wildman–Crippen LogP) is 4.74. The number of hydrogen-bond donors (Lipinski definition) is 1. The van der Waals surface area contributed by atoms with Crippen LogP contribution in [0.2, 0.25) is 10.0 Å². The molecule has 0 unspecified atom stereocenters. The monoisotopic (exact) mass is 369 g/mol. The van der Waals surface area contributed by atoms with Crippen molar-refractivity contribution in [3.63, 3.8) is 0 Å². The van der Waals surface area contributed by atoms with Crippen LogP contribution in [-0.2, 0) is 0 Å². The van der Waals surface area contributed by atoms with Crippen LogP contribution < -0.4 is 14.8 Å². The Labute approximate surface area is 148 Å². The molecule has 0 atom stereocenters. The van der Waals surface area contributed by atoms with E-state index in [0.29, 0.717) is 46.0 Å². The van der Waals surface area contributed by atoms with Gasteiger partial charge in [-0.3, -0.25) is 4.79 Å². The summed E-state index contributed by atoms with van der Waals surface area (Å²) in [6.07, 6.45) is 1.92. The molecule has 4 nitrogen and oxygen atoms in total. The van der Waals surface area contributed by atoms with Gasteiger partial charge in [0.1, 0.15) is 13.2 Å². The smallest absolute Gasteiger partial charge is 0.257 e. The number of carbonyl (C=O) groups excluding carboxylic acids is 1. The molecule has 0 aromatic heterocycles. The lowest BCUT2D eigenvalue weighted by atomic mass is 10.2. The second kappa shape index (κ2) is 6.91. The fraction of sp³-hybridized carbons (Fsp3) is 0.188. The zero-order chi connectivity index (χ0) is 16.4. The molecule has 0 fully saturated rings. The number of amides is 1. The van der Waals surface area contributed by atoms with Crippen molar-refractivity contribution in [2.24, 2.45) is 0 Å². The van der Waals surface area contributed by atoms with E-state index in [1.807, 2.05) is 12.3 Å². The summed E-state index contributed by atoms with van der Waals surface area (Å²) < 4.78 is 11.1. The minimum atomic E-state index is -0.329. The molecule has 0 saturated heterocycles. The SMILES string of the molecule is CSc1cc2c(cc1NC(=O)c1cc(Cl)ccc1Cl)OCCO2. The second-order valence-electron chi connectivity index (χ2n) is 4.77. The Morgan fingerprint density at radius 3 is 2.52 bits per heavy atom. The quantitative estimate of drug-likeness (QED) is 0.793. The van der Waals surface area contributed by atoms with Crippen LogP contribution in [0.15, 0.2) is 35.2 Å². The third-order valence-electron chi connectivity index (χ3n) is 3.29. The number of ether oxygens (including phenoxy) is 2. The number of hydrogen-bond acceptors (Lipinski definition) is 4. The molecule has 2 aromatic carbocycles. The Morgan fingerprint density at radius 1 is 1.13 bits per heavy atom. The predicted molar refractivity (Wildman–Crippen MR) is 93.6 cm³/mol. The maximum atomic E-state index is 12.5. The van der Waals surface area contributed by atoms with Crippen LogP contribution in [0, 0.1) is 0 Å². The molecule has 1 amide bonds. The summed E-state index contributed by atoms with van der Waals surface area (Å²) in [4.78, 5) is 13.4. The van der Waals surface area contributed by atoms with E-state index in [9.17, 15) is 4.79 Å². The van der Waals surface area contributed by atoms with Crippen LogP contribution in [0.1, 0.15) is 10.4 Å². The van der Waals surface area contributed by atoms with Crippen molar-refractivity contribution >= 4 is 46.6 Å². The highest BCUT2D eigenvalue weighted by Gasteiger charge is 2.18. The van der Waals surface area contributed by atoms with Crippen LogP contribution >= 0.6 is 35.0 Å². The Kier molecular flexibility index (Phi) is 4.90. The zero-order valence-corrected chi connectivity index (χ0v) is 14.5. The molecular weight excluding hydrogens is 357 g/mol. The van der Waals surface area contributed by atoms with Gasteiger partial charge in [-0.15, -0.1) is 11.8 Å². The Hall–Kier alpha value is -1.56. The fourth-order valence-electron chi connectivity index (χ4n) is 2.20. The topological polar surface area (TPSA) is 47.6 Å². The van der Waals surface area contributed by atoms with Gasteiger partial charge in [0.25, 0.3) is 5.91 Å². The van der Waals surface area contributed by atoms with E-state index in [4.69, 9.17) is 32.7 Å². The number of benzene rings is 2. The van der Waals surface area contributed by atoms with Crippen LogP contribution in [0.4, 0.5) is 5.69 Å². The van der Waals surface area contributed by atoms with Gasteiger partial charge in [-0.25, -0.2) is 0 Å². The number of halogens is 2. The molecule has 0 radical (unpaired) electrons. The minimum absolute atomic E-state index is 0.320. The molecule has 0 spiro atoms. The molecule has 1 aliphatic rings. The summed E-state index contributed by atoms with van der Waals surface area (Å²) in [5.41, 5.74) is 0.962. The standard InChI is InChI=1S/C16H13Cl2NO3S/c1-23-15-8-14-13(21-4-5-22-14)7-12(15)19-16(20)10-6-9(17)2-3-11(10)18/h2-3,6-8H,4-5H2,1H3,(H,19,20). The van der Waals surface area contributed by atoms with Crippen molar-refractivity contribution < 1.29 is 14.3 Å². The van der Waals surface area contributed by atoms with E-state index in [1.54, 1.807) is 18.2 Å². The molecule has 0 bridgehead atoms. The number of nitrogens with one attached hydrogen (secondary N) is 1. The van der Waals surface area contributed by atoms with E-state index in [1.165, 1.54) is 17.8 Å². The summed E-state index contributed by atoms with van der Waals surface area (Å²) in [7, 11) is 0. The zero-order valence-electron chi connectivity index (χ0n) is 12.2. The van der Waals surface area contributed by atoms with Gasteiger partial charge in [0.05, 0.1) is 16.3 Å². The summed E-state index contributed by atoms with van der Waals surface area (Å²) in [5.74, 6) is 0.963. The Morgan fingerprint density at radius 2 is 1.83 bits per heavy atom. The average molecular weight is 370 g/mol. The van der Waals surface area contributed by atoms with Crippen molar-refractivity contribution in [3.8, 4) is 11.5 Å². The van der Waals surface area contributed by atoms with Crippen molar-refractivity contribution in [2.75, 3.05) is 24.8 Å². The summed E-state index contributed by atoms with van der Waals surface area (Å²) in [6, 6.07) is 8.39. The number of carbonyl (C=O) groups is 1. The van der Waals surface area contributed by atoms with E-state index in [-0.39, 0.29) is 5.91 Å². The molecule has 3 rings (SSSR count). The van der Waals surface area contributed by atoms with Crippen molar-refractivity contribution in [1.29, 1.82) is 0 Å². The molecule has 1 aliphatic heterocycles. The average Bonchev–Trinajstić information content (AvgIpc) is 2.56. The molecule has 1 heterocycles. The highest BCUT2D eigenvalue weighted by atomic mass is 35.5. The first-order chi connectivity index (χ1) is 11.1.